The van der Waals surface area contributed by atoms with Crippen molar-refractivity contribution in [2.24, 2.45) is 5.92 Å². The summed E-state index contributed by atoms with van der Waals surface area (Å²) in [6, 6.07) is 14.6. The minimum absolute atomic E-state index is 0.0826. The molecule has 0 aliphatic heterocycles. The molecule has 0 saturated heterocycles. The van der Waals surface area contributed by atoms with E-state index in [9.17, 15) is 8.78 Å². The summed E-state index contributed by atoms with van der Waals surface area (Å²) in [4.78, 5) is 0. The molecule has 1 nitrogen and oxygen atoms in total. The molecule has 1 aliphatic carbocycles. The largest absolute Gasteiger partial charge is 0.383 e. The van der Waals surface area contributed by atoms with Gasteiger partial charge in [0.05, 0.1) is 11.7 Å². The first-order valence-corrected chi connectivity index (χ1v) is 12.4. The van der Waals surface area contributed by atoms with Gasteiger partial charge in [0.2, 0.25) is 0 Å². The van der Waals surface area contributed by atoms with Crippen molar-refractivity contribution >= 4 is 0 Å². The predicted octanol–water partition coefficient (Wildman–Crippen LogP) is 9.26. The van der Waals surface area contributed by atoms with E-state index in [0.717, 1.165) is 43.6 Å². The summed E-state index contributed by atoms with van der Waals surface area (Å²) >= 11 is 0. The zero-order chi connectivity index (χ0) is 23.7. The molecule has 0 bridgehead atoms. The van der Waals surface area contributed by atoms with Gasteiger partial charge in [0, 0.05) is 0 Å². The highest BCUT2D eigenvalue weighted by Crippen LogP contribution is 2.39. The molecule has 0 spiro atoms. The molecule has 178 valence electrons. The van der Waals surface area contributed by atoms with Crippen molar-refractivity contribution in [3.8, 4) is 0 Å². The van der Waals surface area contributed by atoms with E-state index in [2.05, 4.69) is 12.7 Å². The third-order valence-corrected chi connectivity index (χ3v) is 6.95. The fourth-order valence-corrected chi connectivity index (χ4v) is 4.82. The Morgan fingerprint density at radius 1 is 1.00 bits per heavy atom. The van der Waals surface area contributed by atoms with Crippen molar-refractivity contribution < 1.29 is 13.5 Å². The first-order chi connectivity index (χ1) is 15.9. The Kier molecular flexibility index (Phi) is 9.43. The van der Waals surface area contributed by atoms with E-state index < -0.39 is 12.2 Å². The molecule has 3 heteroatoms. The number of ether oxygens (including phenoxy) is 1. The predicted molar refractivity (Wildman–Crippen MR) is 134 cm³/mol. The third-order valence-electron chi connectivity index (χ3n) is 6.95. The standard InChI is InChI=1S/C30H38F2O/c1-4-6-8-10-25-11-15-26(16-12-25)23(3)33-30(31,32)29-21-19-28(20-22-29)27-17-13-24(14-18-27)9-7-5-2/h4-6,11-12,15-16,19-24,27H,2,7-10,13-14,17-18H2,1,3H3/b6-4+. The lowest BCUT2D eigenvalue weighted by Gasteiger charge is -2.29. The van der Waals surface area contributed by atoms with Crippen LogP contribution in [0, 0.1) is 5.92 Å². The summed E-state index contributed by atoms with van der Waals surface area (Å²) in [6.07, 6.45) is 11.0. The highest BCUT2D eigenvalue weighted by atomic mass is 19.3. The zero-order valence-electron chi connectivity index (χ0n) is 20.1. The molecule has 2 aromatic rings. The molecule has 1 saturated carbocycles. The average Bonchev–Trinajstić information content (AvgIpc) is 2.83. The number of alkyl halides is 2. The molecule has 1 fully saturated rings. The molecule has 1 unspecified atom stereocenters. The second-order valence-electron chi connectivity index (χ2n) is 9.33. The van der Waals surface area contributed by atoms with E-state index in [-0.39, 0.29) is 5.56 Å². The topological polar surface area (TPSA) is 9.23 Å². The molecule has 0 amide bonds. The number of halogens is 2. The minimum Gasteiger partial charge on any atom is -0.309 e. The maximum atomic E-state index is 14.9. The quantitative estimate of drug-likeness (QED) is 0.309. The summed E-state index contributed by atoms with van der Waals surface area (Å²) in [5.41, 5.74) is 3.04. The Morgan fingerprint density at radius 3 is 2.27 bits per heavy atom. The number of allylic oxidation sites excluding steroid dienone is 3. The van der Waals surface area contributed by atoms with Crippen LogP contribution in [0.2, 0.25) is 0 Å². The fourth-order valence-electron chi connectivity index (χ4n) is 4.82. The van der Waals surface area contributed by atoms with Crippen LogP contribution in [0.5, 0.6) is 0 Å². The summed E-state index contributed by atoms with van der Waals surface area (Å²) in [6.45, 7) is 7.50. The Hall–Kier alpha value is -2.26. The summed E-state index contributed by atoms with van der Waals surface area (Å²) in [7, 11) is 0. The monoisotopic (exact) mass is 452 g/mol. The second kappa shape index (κ2) is 12.3. The summed E-state index contributed by atoms with van der Waals surface area (Å²) in [5.74, 6) is 1.25. The molecule has 33 heavy (non-hydrogen) atoms. The molecule has 1 atom stereocenters. The molecular formula is C30H38F2O. The second-order valence-corrected chi connectivity index (χ2v) is 9.33. The van der Waals surface area contributed by atoms with Crippen LogP contribution in [0.4, 0.5) is 8.78 Å². The van der Waals surface area contributed by atoms with Gasteiger partial charge >= 0.3 is 6.11 Å². The van der Waals surface area contributed by atoms with Crippen LogP contribution < -0.4 is 0 Å². The molecule has 2 aromatic carbocycles. The van der Waals surface area contributed by atoms with Crippen LogP contribution >= 0.6 is 0 Å². The van der Waals surface area contributed by atoms with Crippen molar-refractivity contribution in [3.63, 3.8) is 0 Å². The van der Waals surface area contributed by atoms with Crippen LogP contribution in [-0.4, -0.2) is 0 Å². The molecule has 1 aliphatic rings. The van der Waals surface area contributed by atoms with E-state index in [1.54, 1.807) is 6.92 Å². The van der Waals surface area contributed by atoms with Crippen molar-refractivity contribution in [2.75, 3.05) is 0 Å². The van der Waals surface area contributed by atoms with Crippen molar-refractivity contribution in [3.05, 3.63) is 95.6 Å². The number of hydrogen-bond acceptors (Lipinski definition) is 1. The zero-order valence-corrected chi connectivity index (χ0v) is 20.1. The molecule has 0 N–H and O–H groups in total. The number of hydrogen-bond donors (Lipinski definition) is 0. The Morgan fingerprint density at radius 2 is 1.67 bits per heavy atom. The average molecular weight is 453 g/mol. The van der Waals surface area contributed by atoms with Gasteiger partial charge in [-0.2, -0.15) is 8.78 Å². The highest BCUT2D eigenvalue weighted by Gasteiger charge is 2.35. The number of aryl methyl sites for hydroxylation is 1. The van der Waals surface area contributed by atoms with Crippen molar-refractivity contribution in [2.45, 2.75) is 83.3 Å². The van der Waals surface area contributed by atoms with Crippen LogP contribution in [0.25, 0.3) is 0 Å². The highest BCUT2D eigenvalue weighted by molar-refractivity contribution is 5.28. The van der Waals surface area contributed by atoms with E-state index in [1.807, 2.05) is 55.5 Å². The van der Waals surface area contributed by atoms with Gasteiger partial charge in [-0.15, -0.1) is 6.58 Å². The van der Waals surface area contributed by atoms with Gasteiger partial charge in [-0.25, -0.2) is 0 Å². The molecular weight excluding hydrogens is 414 g/mol. The Balaban J connectivity index is 1.56. The van der Waals surface area contributed by atoms with Gasteiger partial charge in [0.15, 0.2) is 0 Å². The number of rotatable bonds is 11. The smallest absolute Gasteiger partial charge is 0.309 e. The summed E-state index contributed by atoms with van der Waals surface area (Å²) < 4.78 is 35.0. The maximum Gasteiger partial charge on any atom is 0.383 e. The van der Waals surface area contributed by atoms with Crippen LogP contribution in [-0.2, 0) is 17.3 Å². The lowest BCUT2D eigenvalue weighted by Crippen LogP contribution is -2.20. The van der Waals surface area contributed by atoms with Gasteiger partial charge in [-0.1, -0.05) is 66.8 Å². The van der Waals surface area contributed by atoms with Gasteiger partial charge in [0.25, 0.3) is 0 Å². The maximum absolute atomic E-state index is 14.9. The van der Waals surface area contributed by atoms with Crippen LogP contribution in [0.15, 0.2) is 73.3 Å². The first kappa shape index (κ1) is 25.4. The lowest BCUT2D eigenvalue weighted by molar-refractivity contribution is -0.272. The molecule has 3 rings (SSSR count). The summed E-state index contributed by atoms with van der Waals surface area (Å²) in [5, 5.41) is 0. The van der Waals surface area contributed by atoms with E-state index in [0.29, 0.717) is 5.92 Å². The third kappa shape index (κ3) is 7.37. The van der Waals surface area contributed by atoms with Crippen molar-refractivity contribution in [1.29, 1.82) is 0 Å². The molecule has 0 aromatic heterocycles. The number of benzene rings is 2. The molecule has 0 radical (unpaired) electrons. The molecule has 0 heterocycles. The lowest BCUT2D eigenvalue weighted by atomic mass is 9.77. The fraction of sp³-hybridized carbons (Fsp3) is 0.467. The van der Waals surface area contributed by atoms with E-state index >= 15 is 0 Å². The van der Waals surface area contributed by atoms with Gasteiger partial charge in [-0.3, -0.25) is 0 Å². The van der Waals surface area contributed by atoms with Gasteiger partial charge < -0.3 is 4.74 Å². The van der Waals surface area contributed by atoms with E-state index in [1.165, 1.54) is 42.5 Å². The Bertz CT molecular complexity index is 875. The van der Waals surface area contributed by atoms with E-state index in [4.69, 9.17) is 4.74 Å². The minimum atomic E-state index is -3.33. The van der Waals surface area contributed by atoms with Crippen LogP contribution in [0.3, 0.4) is 0 Å². The van der Waals surface area contributed by atoms with Gasteiger partial charge in [-0.05, 0) is 93.7 Å². The normalized spacial score (nSPS) is 20.1. The first-order valence-electron chi connectivity index (χ1n) is 12.4. The van der Waals surface area contributed by atoms with Crippen molar-refractivity contribution in [1.82, 2.24) is 0 Å². The van der Waals surface area contributed by atoms with Gasteiger partial charge in [0.1, 0.15) is 0 Å². The Labute approximate surface area is 198 Å². The SMILES string of the molecule is C=CCCC1CCC(c2ccc(C(F)(F)OC(C)c3ccc(CC/C=C/C)cc3)cc2)CC1. The van der Waals surface area contributed by atoms with Crippen LogP contribution in [0.1, 0.15) is 93.1 Å².